The Morgan fingerprint density at radius 1 is 1.42 bits per heavy atom. The van der Waals surface area contributed by atoms with Gasteiger partial charge in [-0.25, -0.2) is 0 Å². The second-order valence-corrected chi connectivity index (χ2v) is 4.34. The number of carbonyl (C=O) groups excluding carboxylic acids is 2. The molecular formula is C14H19NO4. The molecule has 1 amide bonds. The van der Waals surface area contributed by atoms with E-state index in [0.717, 1.165) is 0 Å². The molecule has 1 N–H and O–H groups in total. The third kappa shape index (κ3) is 4.99. The van der Waals surface area contributed by atoms with E-state index >= 15 is 0 Å². The van der Waals surface area contributed by atoms with Crippen molar-refractivity contribution in [3.63, 3.8) is 0 Å². The summed E-state index contributed by atoms with van der Waals surface area (Å²) in [6, 6.07) is 5.04. The minimum absolute atomic E-state index is 0.0782. The topological polar surface area (TPSA) is 64.6 Å². The fraction of sp³-hybridized carbons (Fsp3) is 0.429. The molecule has 0 fully saturated rings. The summed E-state index contributed by atoms with van der Waals surface area (Å²) in [4.78, 5) is 22.3. The fourth-order valence-corrected chi connectivity index (χ4v) is 1.51. The first-order valence-corrected chi connectivity index (χ1v) is 6.12. The van der Waals surface area contributed by atoms with Crippen LogP contribution in [0.2, 0.25) is 0 Å². The highest BCUT2D eigenvalue weighted by atomic mass is 16.5. The first-order valence-electron chi connectivity index (χ1n) is 6.12. The lowest BCUT2D eigenvalue weighted by molar-refractivity contribution is -0.122. The van der Waals surface area contributed by atoms with Crippen molar-refractivity contribution < 1.29 is 19.1 Å². The van der Waals surface area contributed by atoms with Gasteiger partial charge in [-0.05, 0) is 26.0 Å². The van der Waals surface area contributed by atoms with Crippen molar-refractivity contribution in [3.05, 3.63) is 23.8 Å². The Hall–Kier alpha value is -2.04. The molecular weight excluding hydrogens is 246 g/mol. The van der Waals surface area contributed by atoms with Gasteiger partial charge in [-0.15, -0.1) is 0 Å². The zero-order chi connectivity index (χ0) is 14.3. The van der Waals surface area contributed by atoms with Gasteiger partial charge in [-0.1, -0.05) is 0 Å². The van der Waals surface area contributed by atoms with Gasteiger partial charge < -0.3 is 14.8 Å². The molecule has 19 heavy (non-hydrogen) atoms. The zero-order valence-electron chi connectivity index (χ0n) is 11.4. The van der Waals surface area contributed by atoms with E-state index in [0.29, 0.717) is 23.3 Å². The predicted octanol–water partition coefficient (Wildman–Crippen LogP) is 1.80. The molecule has 0 aliphatic carbocycles. The summed E-state index contributed by atoms with van der Waals surface area (Å²) in [5.41, 5.74) is 0.435. The summed E-state index contributed by atoms with van der Waals surface area (Å²) in [5.74, 6) is 0.949. The number of hydrogen-bond donors (Lipinski definition) is 1. The number of rotatable bonds is 7. The highest BCUT2D eigenvalue weighted by Crippen LogP contribution is 2.23. The third-order valence-electron chi connectivity index (χ3n) is 2.38. The van der Waals surface area contributed by atoms with Crippen LogP contribution in [0.5, 0.6) is 11.5 Å². The summed E-state index contributed by atoms with van der Waals surface area (Å²) in [7, 11) is 1.54. The third-order valence-corrected chi connectivity index (χ3v) is 2.38. The maximum atomic E-state index is 11.4. The van der Waals surface area contributed by atoms with Crippen molar-refractivity contribution in [1.82, 2.24) is 5.32 Å². The van der Waals surface area contributed by atoms with Gasteiger partial charge in [0.1, 0.15) is 11.5 Å². The van der Waals surface area contributed by atoms with Gasteiger partial charge in [0.2, 0.25) is 5.91 Å². The molecule has 0 spiro atoms. The Bertz CT molecular complexity index is 443. The van der Waals surface area contributed by atoms with E-state index in [2.05, 4.69) is 5.32 Å². The van der Waals surface area contributed by atoms with Crippen LogP contribution in [0.25, 0.3) is 0 Å². The maximum Gasteiger partial charge on any atom is 0.223 e. The lowest BCUT2D eigenvalue weighted by Gasteiger charge is -2.11. The number of ether oxygens (including phenoxy) is 2. The SMILES string of the molecule is COc1ccc(C=O)c(OCCC(=O)NC(C)C)c1. The maximum absolute atomic E-state index is 11.4. The summed E-state index contributed by atoms with van der Waals surface area (Å²) < 4.78 is 10.5. The standard InChI is InChI=1S/C14H19NO4/c1-10(2)15-14(17)6-7-19-13-8-12(18-3)5-4-11(13)9-16/h4-5,8-10H,6-7H2,1-3H3,(H,15,17). The average molecular weight is 265 g/mol. The fourth-order valence-electron chi connectivity index (χ4n) is 1.51. The molecule has 0 atom stereocenters. The molecule has 5 heteroatoms. The predicted molar refractivity (Wildman–Crippen MR) is 71.8 cm³/mol. The van der Waals surface area contributed by atoms with Gasteiger partial charge >= 0.3 is 0 Å². The van der Waals surface area contributed by atoms with E-state index in [4.69, 9.17) is 9.47 Å². The summed E-state index contributed by atoms with van der Waals surface area (Å²) >= 11 is 0. The van der Waals surface area contributed by atoms with Crippen LogP contribution in [0.3, 0.4) is 0 Å². The van der Waals surface area contributed by atoms with Gasteiger partial charge in [0.15, 0.2) is 6.29 Å². The van der Waals surface area contributed by atoms with Crippen LogP contribution in [-0.2, 0) is 4.79 Å². The molecule has 0 bridgehead atoms. The molecule has 5 nitrogen and oxygen atoms in total. The van der Waals surface area contributed by atoms with Crippen molar-refractivity contribution in [2.24, 2.45) is 0 Å². The number of hydrogen-bond acceptors (Lipinski definition) is 4. The summed E-state index contributed by atoms with van der Waals surface area (Å²) in [6.45, 7) is 4.00. The van der Waals surface area contributed by atoms with Crippen LogP contribution in [-0.4, -0.2) is 32.0 Å². The van der Waals surface area contributed by atoms with Crippen LogP contribution < -0.4 is 14.8 Å². The number of methoxy groups -OCH3 is 1. The molecule has 1 aromatic rings. The summed E-state index contributed by atoms with van der Waals surface area (Å²) in [6.07, 6.45) is 0.955. The Morgan fingerprint density at radius 2 is 2.16 bits per heavy atom. The molecule has 0 radical (unpaired) electrons. The second kappa shape index (κ2) is 7.41. The minimum Gasteiger partial charge on any atom is -0.497 e. The molecule has 0 aromatic heterocycles. The van der Waals surface area contributed by atoms with Crippen molar-refractivity contribution in [2.45, 2.75) is 26.3 Å². The minimum atomic E-state index is -0.0782. The lowest BCUT2D eigenvalue weighted by Crippen LogP contribution is -2.31. The van der Waals surface area contributed by atoms with E-state index in [9.17, 15) is 9.59 Å². The number of carbonyl (C=O) groups is 2. The lowest BCUT2D eigenvalue weighted by atomic mass is 10.2. The summed E-state index contributed by atoms with van der Waals surface area (Å²) in [5, 5.41) is 2.77. The van der Waals surface area contributed by atoms with E-state index in [-0.39, 0.29) is 25.0 Å². The van der Waals surface area contributed by atoms with Crippen LogP contribution in [0.15, 0.2) is 18.2 Å². The smallest absolute Gasteiger partial charge is 0.223 e. The van der Waals surface area contributed by atoms with Gasteiger partial charge in [-0.2, -0.15) is 0 Å². The quantitative estimate of drug-likeness (QED) is 0.763. The first-order chi connectivity index (χ1) is 9.06. The molecule has 1 rings (SSSR count). The molecule has 1 aromatic carbocycles. The zero-order valence-corrected chi connectivity index (χ0v) is 11.4. The van der Waals surface area contributed by atoms with Crippen molar-refractivity contribution in [1.29, 1.82) is 0 Å². The van der Waals surface area contributed by atoms with Crippen LogP contribution in [0.4, 0.5) is 0 Å². The van der Waals surface area contributed by atoms with Crippen LogP contribution in [0.1, 0.15) is 30.6 Å². The molecule has 0 saturated heterocycles. The molecule has 0 aliphatic heterocycles. The highest BCUT2D eigenvalue weighted by molar-refractivity contribution is 5.80. The monoisotopic (exact) mass is 265 g/mol. The molecule has 0 saturated carbocycles. The Kier molecular flexibility index (Phi) is 5.85. The van der Waals surface area contributed by atoms with Gasteiger partial charge in [0.25, 0.3) is 0 Å². The van der Waals surface area contributed by atoms with Crippen LogP contribution in [0, 0.1) is 0 Å². The largest absolute Gasteiger partial charge is 0.497 e. The van der Waals surface area contributed by atoms with Crippen molar-refractivity contribution in [3.8, 4) is 11.5 Å². The Balaban J connectivity index is 2.56. The molecule has 0 heterocycles. The van der Waals surface area contributed by atoms with Gasteiger partial charge in [0.05, 0.1) is 25.7 Å². The Labute approximate surface area is 112 Å². The van der Waals surface area contributed by atoms with E-state index in [1.54, 1.807) is 18.2 Å². The van der Waals surface area contributed by atoms with Crippen molar-refractivity contribution >= 4 is 12.2 Å². The Morgan fingerprint density at radius 3 is 2.74 bits per heavy atom. The normalized spacial score (nSPS) is 10.1. The number of amides is 1. The second-order valence-electron chi connectivity index (χ2n) is 4.34. The van der Waals surface area contributed by atoms with E-state index in [1.165, 1.54) is 7.11 Å². The van der Waals surface area contributed by atoms with E-state index < -0.39 is 0 Å². The molecule has 104 valence electrons. The number of benzene rings is 1. The first kappa shape index (κ1) is 15.0. The van der Waals surface area contributed by atoms with Gasteiger partial charge in [-0.3, -0.25) is 9.59 Å². The highest BCUT2D eigenvalue weighted by Gasteiger charge is 2.07. The number of aldehydes is 1. The number of nitrogens with one attached hydrogen (secondary N) is 1. The average Bonchev–Trinajstić information content (AvgIpc) is 2.37. The molecule has 0 aliphatic rings. The van der Waals surface area contributed by atoms with E-state index in [1.807, 2.05) is 13.8 Å². The van der Waals surface area contributed by atoms with Crippen molar-refractivity contribution in [2.75, 3.05) is 13.7 Å². The molecule has 0 unspecified atom stereocenters. The van der Waals surface area contributed by atoms with Crippen LogP contribution >= 0.6 is 0 Å². The van der Waals surface area contributed by atoms with Gasteiger partial charge in [0, 0.05) is 12.1 Å².